The van der Waals surface area contributed by atoms with Crippen LogP contribution in [-0.2, 0) is 9.63 Å². The van der Waals surface area contributed by atoms with E-state index in [4.69, 9.17) is 4.84 Å². The van der Waals surface area contributed by atoms with Crippen LogP contribution in [-0.4, -0.2) is 11.9 Å². The Morgan fingerprint density at radius 3 is 2.64 bits per heavy atom. The summed E-state index contributed by atoms with van der Waals surface area (Å²) < 4.78 is 0. The van der Waals surface area contributed by atoms with Gasteiger partial charge in [0, 0.05) is 6.42 Å². The Bertz CT molecular complexity index is 285. The number of hydrogen-bond donors (Lipinski definition) is 1. The first-order valence-electron chi connectivity index (χ1n) is 4.64. The molecular weight excluding hydrogens is 178 g/mol. The Kier molecular flexibility index (Phi) is 4.13. The van der Waals surface area contributed by atoms with Crippen molar-refractivity contribution in [1.29, 1.82) is 0 Å². The van der Waals surface area contributed by atoms with Gasteiger partial charge in [0.2, 0.25) is 0 Å². The van der Waals surface area contributed by atoms with Gasteiger partial charge in [0.25, 0.3) is 0 Å². The van der Waals surface area contributed by atoms with Gasteiger partial charge < -0.3 is 0 Å². The van der Waals surface area contributed by atoms with Crippen LogP contribution in [0, 0.1) is 0 Å². The Morgan fingerprint density at radius 2 is 2.07 bits per heavy atom. The molecule has 0 saturated heterocycles. The van der Waals surface area contributed by atoms with E-state index in [-0.39, 0.29) is 11.9 Å². The minimum absolute atomic E-state index is 0.104. The van der Waals surface area contributed by atoms with Crippen molar-refractivity contribution in [3.63, 3.8) is 0 Å². The molecule has 0 radical (unpaired) electrons. The van der Waals surface area contributed by atoms with Crippen molar-refractivity contribution in [3.05, 3.63) is 30.3 Å². The molecule has 0 saturated carbocycles. The number of nitrogens with one attached hydrogen (secondary N) is 1. The molecular formula is C11H15NO2. The van der Waals surface area contributed by atoms with Crippen LogP contribution in [0.15, 0.2) is 30.3 Å². The zero-order valence-corrected chi connectivity index (χ0v) is 8.49. The van der Waals surface area contributed by atoms with Gasteiger partial charge in [-0.25, -0.2) is 0 Å². The van der Waals surface area contributed by atoms with E-state index in [1.807, 2.05) is 37.3 Å². The van der Waals surface area contributed by atoms with Gasteiger partial charge in [0.15, 0.2) is 0 Å². The van der Waals surface area contributed by atoms with Crippen molar-refractivity contribution in [1.82, 2.24) is 0 Å². The minimum Gasteiger partial charge on any atom is -0.300 e. The third-order valence-corrected chi connectivity index (χ3v) is 1.73. The van der Waals surface area contributed by atoms with Crippen LogP contribution in [0.2, 0.25) is 0 Å². The number of para-hydroxylation sites is 1. The highest BCUT2D eigenvalue weighted by atomic mass is 16.7. The van der Waals surface area contributed by atoms with Crippen LogP contribution < -0.4 is 5.48 Å². The zero-order chi connectivity index (χ0) is 10.4. The lowest BCUT2D eigenvalue weighted by molar-refractivity contribution is -0.119. The van der Waals surface area contributed by atoms with E-state index in [1.165, 1.54) is 0 Å². The van der Waals surface area contributed by atoms with E-state index < -0.39 is 0 Å². The lowest BCUT2D eigenvalue weighted by Gasteiger charge is -2.12. The number of hydrogen-bond acceptors (Lipinski definition) is 3. The minimum atomic E-state index is -0.104. The molecule has 14 heavy (non-hydrogen) atoms. The Hall–Kier alpha value is -1.35. The summed E-state index contributed by atoms with van der Waals surface area (Å²) in [7, 11) is 0. The number of Topliss-reactive ketones (excluding diaryl/α,β-unsaturated/α-hetero) is 1. The van der Waals surface area contributed by atoms with Crippen molar-refractivity contribution < 1.29 is 9.63 Å². The summed E-state index contributed by atoms with van der Waals surface area (Å²) in [6.07, 6.45) is 0.326. The van der Waals surface area contributed by atoms with Crippen molar-refractivity contribution >= 4 is 11.5 Å². The summed E-state index contributed by atoms with van der Waals surface area (Å²) in [6, 6.07) is 9.58. The average Bonchev–Trinajstić information content (AvgIpc) is 2.15. The Morgan fingerprint density at radius 1 is 1.43 bits per heavy atom. The lowest BCUT2D eigenvalue weighted by Crippen LogP contribution is -2.16. The monoisotopic (exact) mass is 193 g/mol. The van der Waals surface area contributed by atoms with Crippen molar-refractivity contribution in [2.45, 2.75) is 26.4 Å². The molecule has 0 bridgehead atoms. The molecule has 0 heterocycles. The molecule has 1 aromatic carbocycles. The van der Waals surface area contributed by atoms with Gasteiger partial charge in [-0.1, -0.05) is 18.2 Å². The first-order chi connectivity index (χ1) is 6.68. The van der Waals surface area contributed by atoms with E-state index in [2.05, 4.69) is 5.48 Å². The molecule has 1 atom stereocenters. The topological polar surface area (TPSA) is 38.3 Å². The molecule has 0 spiro atoms. The van der Waals surface area contributed by atoms with Gasteiger partial charge in [-0.2, -0.15) is 0 Å². The molecule has 1 aromatic rings. The summed E-state index contributed by atoms with van der Waals surface area (Å²) in [4.78, 5) is 16.0. The van der Waals surface area contributed by atoms with Crippen LogP contribution in [0.5, 0.6) is 0 Å². The quantitative estimate of drug-likeness (QED) is 0.730. The molecule has 3 heteroatoms. The highest BCUT2D eigenvalue weighted by molar-refractivity contribution is 5.75. The van der Waals surface area contributed by atoms with E-state index in [0.717, 1.165) is 5.69 Å². The molecule has 0 aliphatic heterocycles. The number of carbonyl (C=O) groups excluding carboxylic acids is 1. The van der Waals surface area contributed by atoms with Crippen molar-refractivity contribution in [2.75, 3.05) is 5.48 Å². The van der Waals surface area contributed by atoms with E-state index in [1.54, 1.807) is 6.92 Å². The number of benzene rings is 1. The second-order valence-corrected chi connectivity index (χ2v) is 3.30. The van der Waals surface area contributed by atoms with Crippen LogP contribution >= 0.6 is 0 Å². The maximum Gasteiger partial charge on any atom is 0.132 e. The van der Waals surface area contributed by atoms with Gasteiger partial charge >= 0.3 is 0 Å². The van der Waals surface area contributed by atoms with E-state index in [0.29, 0.717) is 6.42 Å². The molecule has 0 fully saturated rings. The van der Waals surface area contributed by atoms with Crippen molar-refractivity contribution in [2.24, 2.45) is 0 Å². The summed E-state index contributed by atoms with van der Waals surface area (Å²) in [6.45, 7) is 3.42. The van der Waals surface area contributed by atoms with Crippen molar-refractivity contribution in [3.8, 4) is 0 Å². The van der Waals surface area contributed by atoms with Gasteiger partial charge in [-0.3, -0.25) is 15.1 Å². The first kappa shape index (κ1) is 10.7. The fraction of sp³-hybridized carbons (Fsp3) is 0.364. The molecule has 0 aromatic heterocycles. The molecule has 0 aliphatic rings. The van der Waals surface area contributed by atoms with Crippen LogP contribution in [0.25, 0.3) is 0 Å². The SMILES string of the molecule is CC(=O)CC(C)ONc1ccccc1. The molecule has 1 rings (SSSR count). The molecule has 76 valence electrons. The smallest absolute Gasteiger partial charge is 0.132 e. The van der Waals surface area contributed by atoms with Gasteiger partial charge in [-0.15, -0.1) is 0 Å². The Labute approximate surface area is 84.0 Å². The van der Waals surface area contributed by atoms with E-state index >= 15 is 0 Å². The summed E-state index contributed by atoms with van der Waals surface area (Å²) >= 11 is 0. The van der Waals surface area contributed by atoms with E-state index in [9.17, 15) is 4.79 Å². The molecule has 1 unspecified atom stereocenters. The highest BCUT2D eigenvalue weighted by Crippen LogP contribution is 2.07. The average molecular weight is 193 g/mol. The fourth-order valence-corrected chi connectivity index (χ4v) is 1.12. The lowest BCUT2D eigenvalue weighted by atomic mass is 10.2. The second kappa shape index (κ2) is 5.40. The third-order valence-electron chi connectivity index (χ3n) is 1.73. The van der Waals surface area contributed by atoms with Crippen LogP contribution in [0.3, 0.4) is 0 Å². The summed E-state index contributed by atoms with van der Waals surface area (Å²) in [5.74, 6) is 0.132. The zero-order valence-electron chi connectivity index (χ0n) is 8.49. The number of rotatable bonds is 5. The molecule has 3 nitrogen and oxygen atoms in total. The maximum absolute atomic E-state index is 10.8. The Balaban J connectivity index is 2.30. The predicted molar refractivity (Wildman–Crippen MR) is 55.9 cm³/mol. The summed E-state index contributed by atoms with van der Waals surface area (Å²) in [5, 5.41) is 0. The summed E-state index contributed by atoms with van der Waals surface area (Å²) in [5.41, 5.74) is 3.69. The highest BCUT2D eigenvalue weighted by Gasteiger charge is 2.05. The van der Waals surface area contributed by atoms with Crippen LogP contribution in [0.1, 0.15) is 20.3 Å². The molecule has 1 N–H and O–H groups in total. The number of carbonyl (C=O) groups is 1. The third kappa shape index (κ3) is 4.05. The number of anilines is 1. The standard InChI is InChI=1S/C11H15NO2/c1-9(13)8-10(2)14-12-11-6-4-3-5-7-11/h3-7,10,12H,8H2,1-2H3. The predicted octanol–water partition coefficient (Wildman–Crippen LogP) is 2.40. The largest absolute Gasteiger partial charge is 0.300 e. The molecule has 0 amide bonds. The molecule has 0 aliphatic carbocycles. The van der Waals surface area contributed by atoms with Gasteiger partial charge in [-0.05, 0) is 26.0 Å². The second-order valence-electron chi connectivity index (χ2n) is 3.30. The first-order valence-corrected chi connectivity index (χ1v) is 4.64. The number of ketones is 1. The van der Waals surface area contributed by atoms with Gasteiger partial charge in [0.05, 0.1) is 11.8 Å². The maximum atomic E-state index is 10.8. The van der Waals surface area contributed by atoms with Crippen LogP contribution in [0.4, 0.5) is 5.69 Å². The van der Waals surface area contributed by atoms with Gasteiger partial charge in [0.1, 0.15) is 5.78 Å². The fourth-order valence-electron chi connectivity index (χ4n) is 1.12. The normalized spacial score (nSPS) is 12.1.